The van der Waals surface area contributed by atoms with E-state index in [2.05, 4.69) is 0 Å². The highest BCUT2D eigenvalue weighted by Gasteiger charge is 2.37. The first kappa shape index (κ1) is 20.0. The van der Waals surface area contributed by atoms with Gasteiger partial charge >= 0.3 is 0 Å². The third-order valence-electron chi connectivity index (χ3n) is 4.08. The monoisotopic (exact) mass is 369 g/mol. The van der Waals surface area contributed by atoms with Crippen molar-refractivity contribution in [3.63, 3.8) is 0 Å². The maximum Gasteiger partial charge on any atom is 0.248 e. The van der Waals surface area contributed by atoms with E-state index < -0.39 is 16.6 Å². The number of aryl methyl sites for hydroxylation is 1. The summed E-state index contributed by atoms with van der Waals surface area (Å²) >= 11 is 0. The van der Waals surface area contributed by atoms with Crippen LogP contribution in [-0.2, 0) is 29.9 Å². The van der Waals surface area contributed by atoms with Gasteiger partial charge in [-0.2, -0.15) is 0 Å². The van der Waals surface area contributed by atoms with Gasteiger partial charge in [0.2, 0.25) is 5.91 Å². The van der Waals surface area contributed by atoms with Gasteiger partial charge in [0.25, 0.3) is 0 Å². The van der Waals surface area contributed by atoms with E-state index >= 15 is 0 Å². The number of rotatable bonds is 6. The molecule has 1 aliphatic rings. The summed E-state index contributed by atoms with van der Waals surface area (Å²) in [5, 5.41) is 1.19. The number of benzene rings is 1. The zero-order valence-electron chi connectivity index (χ0n) is 15.5. The van der Waals surface area contributed by atoms with E-state index in [0.717, 1.165) is 10.5 Å². The summed E-state index contributed by atoms with van der Waals surface area (Å²) in [7, 11) is 1.85. The van der Waals surface area contributed by atoms with Gasteiger partial charge < -0.3 is 9.47 Å². The molecule has 1 aliphatic heterocycles. The summed E-state index contributed by atoms with van der Waals surface area (Å²) < 4.78 is 24.4. The van der Waals surface area contributed by atoms with Gasteiger partial charge in [-0.3, -0.25) is 13.8 Å². The Morgan fingerprint density at radius 1 is 1.28 bits per heavy atom. The predicted octanol–water partition coefficient (Wildman–Crippen LogP) is 2.42. The van der Waals surface area contributed by atoms with Gasteiger partial charge in [-0.1, -0.05) is 17.7 Å². The standard InChI is InChI=1S/C18H27NO5S/c1-13-6-8-16(9-7-13)25(21)12-15-10-14(23-18(2,3)24-15)11-17(20)19(4)22-5/h6-9,14-15H,10-12H2,1-5H3/t14-,15-,25?/m1/s1. The Morgan fingerprint density at radius 2 is 1.88 bits per heavy atom. The van der Waals surface area contributed by atoms with E-state index in [1.165, 1.54) is 12.2 Å². The van der Waals surface area contributed by atoms with Crippen LogP contribution in [0.2, 0.25) is 0 Å². The fraction of sp³-hybridized carbons (Fsp3) is 0.611. The van der Waals surface area contributed by atoms with Gasteiger partial charge in [0.15, 0.2) is 5.79 Å². The van der Waals surface area contributed by atoms with E-state index in [9.17, 15) is 9.00 Å². The topological polar surface area (TPSA) is 65.1 Å². The Kier molecular flexibility index (Phi) is 6.73. The number of hydrogen-bond donors (Lipinski definition) is 0. The molecule has 0 aliphatic carbocycles. The highest BCUT2D eigenvalue weighted by atomic mass is 32.2. The minimum Gasteiger partial charge on any atom is -0.347 e. The molecule has 0 spiro atoms. The van der Waals surface area contributed by atoms with Crippen molar-refractivity contribution in [2.75, 3.05) is 19.9 Å². The van der Waals surface area contributed by atoms with Crippen LogP contribution >= 0.6 is 0 Å². The van der Waals surface area contributed by atoms with Crippen LogP contribution in [0.4, 0.5) is 0 Å². The van der Waals surface area contributed by atoms with Crippen LogP contribution in [0.15, 0.2) is 29.2 Å². The normalized spacial score (nSPS) is 23.9. The van der Waals surface area contributed by atoms with Crippen molar-refractivity contribution in [1.82, 2.24) is 5.06 Å². The Balaban J connectivity index is 2.01. The van der Waals surface area contributed by atoms with Crippen LogP contribution in [0, 0.1) is 6.92 Å². The molecule has 0 N–H and O–H groups in total. The van der Waals surface area contributed by atoms with Crippen LogP contribution in [0.3, 0.4) is 0 Å². The lowest BCUT2D eigenvalue weighted by Crippen LogP contribution is -2.47. The molecule has 1 aromatic carbocycles. The summed E-state index contributed by atoms with van der Waals surface area (Å²) in [4.78, 5) is 17.8. The predicted molar refractivity (Wildman–Crippen MR) is 95.3 cm³/mol. The summed E-state index contributed by atoms with van der Waals surface area (Å²) in [6.07, 6.45) is 0.181. The molecule has 140 valence electrons. The molecule has 1 saturated heterocycles. The Hall–Kier alpha value is -1.28. The molecule has 1 unspecified atom stereocenters. The number of carbonyl (C=O) groups excluding carboxylic acids is 1. The maximum atomic E-state index is 12.6. The molecule has 1 fully saturated rings. The number of hydrogen-bond acceptors (Lipinski definition) is 5. The summed E-state index contributed by atoms with van der Waals surface area (Å²) in [6.45, 7) is 5.62. The molecule has 1 heterocycles. The van der Waals surface area contributed by atoms with Crippen LogP contribution in [0.1, 0.15) is 32.3 Å². The van der Waals surface area contributed by atoms with Gasteiger partial charge in [0.05, 0.1) is 42.3 Å². The van der Waals surface area contributed by atoms with E-state index in [-0.39, 0.29) is 24.5 Å². The lowest BCUT2D eigenvalue weighted by atomic mass is 10.1. The van der Waals surface area contributed by atoms with Crippen molar-refractivity contribution in [2.45, 2.75) is 56.5 Å². The van der Waals surface area contributed by atoms with Crippen molar-refractivity contribution in [1.29, 1.82) is 0 Å². The third-order valence-corrected chi connectivity index (χ3v) is 5.55. The van der Waals surface area contributed by atoms with E-state index in [1.807, 2.05) is 45.0 Å². The van der Waals surface area contributed by atoms with Gasteiger partial charge in [0.1, 0.15) is 0 Å². The first-order chi connectivity index (χ1) is 11.7. The molecule has 0 radical (unpaired) electrons. The molecule has 6 nitrogen and oxygen atoms in total. The van der Waals surface area contributed by atoms with Crippen molar-refractivity contribution in [3.05, 3.63) is 29.8 Å². The summed E-state index contributed by atoms with van der Waals surface area (Å²) in [6, 6.07) is 7.66. The van der Waals surface area contributed by atoms with Gasteiger partial charge in [-0.25, -0.2) is 5.06 Å². The number of nitrogens with zero attached hydrogens (tertiary/aromatic N) is 1. The number of ether oxygens (including phenoxy) is 2. The molecule has 3 atom stereocenters. The van der Waals surface area contributed by atoms with Crippen molar-refractivity contribution < 1.29 is 23.3 Å². The highest BCUT2D eigenvalue weighted by Crippen LogP contribution is 2.29. The number of hydroxylamine groups is 2. The van der Waals surface area contributed by atoms with Gasteiger partial charge in [-0.05, 0) is 32.9 Å². The van der Waals surface area contributed by atoms with Gasteiger partial charge in [-0.15, -0.1) is 0 Å². The molecule has 0 saturated carbocycles. The molecule has 25 heavy (non-hydrogen) atoms. The van der Waals surface area contributed by atoms with E-state index in [1.54, 1.807) is 7.05 Å². The number of amides is 1. The maximum absolute atomic E-state index is 12.6. The van der Waals surface area contributed by atoms with Crippen molar-refractivity contribution in [2.24, 2.45) is 0 Å². The average molecular weight is 369 g/mol. The zero-order valence-corrected chi connectivity index (χ0v) is 16.3. The zero-order chi connectivity index (χ0) is 18.6. The first-order valence-corrected chi connectivity index (χ1v) is 9.63. The molecule has 7 heteroatoms. The molecule has 1 aromatic rings. The van der Waals surface area contributed by atoms with Crippen LogP contribution in [-0.4, -0.2) is 53.1 Å². The van der Waals surface area contributed by atoms with E-state index in [0.29, 0.717) is 12.2 Å². The fourth-order valence-corrected chi connectivity index (χ4v) is 4.00. The molecular weight excluding hydrogens is 342 g/mol. The lowest BCUT2D eigenvalue weighted by molar-refractivity contribution is -0.295. The minimum atomic E-state index is -1.16. The van der Waals surface area contributed by atoms with Crippen LogP contribution in [0.25, 0.3) is 0 Å². The lowest BCUT2D eigenvalue weighted by Gasteiger charge is -2.40. The van der Waals surface area contributed by atoms with Crippen molar-refractivity contribution >= 4 is 16.7 Å². The average Bonchev–Trinajstić information content (AvgIpc) is 2.52. The van der Waals surface area contributed by atoms with Crippen LogP contribution < -0.4 is 0 Å². The SMILES string of the molecule is CON(C)C(=O)C[C@H]1C[C@H](CS(=O)c2ccc(C)cc2)OC(C)(C)O1. The Morgan fingerprint density at radius 3 is 2.48 bits per heavy atom. The Labute approximate surface area is 151 Å². The van der Waals surface area contributed by atoms with Crippen molar-refractivity contribution in [3.8, 4) is 0 Å². The smallest absolute Gasteiger partial charge is 0.248 e. The second-order valence-electron chi connectivity index (χ2n) is 6.72. The number of carbonyl (C=O) groups is 1. The van der Waals surface area contributed by atoms with Gasteiger partial charge in [0, 0.05) is 18.4 Å². The Bertz CT molecular complexity index is 616. The molecular formula is C18H27NO5S. The van der Waals surface area contributed by atoms with Crippen LogP contribution in [0.5, 0.6) is 0 Å². The largest absolute Gasteiger partial charge is 0.347 e. The molecule has 0 aromatic heterocycles. The second kappa shape index (κ2) is 8.40. The third kappa shape index (κ3) is 5.88. The van der Waals surface area contributed by atoms with E-state index in [4.69, 9.17) is 14.3 Å². The first-order valence-electron chi connectivity index (χ1n) is 8.31. The summed E-state index contributed by atoms with van der Waals surface area (Å²) in [5.41, 5.74) is 1.13. The molecule has 1 amide bonds. The minimum absolute atomic E-state index is 0.163. The molecule has 2 rings (SSSR count). The molecule has 0 bridgehead atoms. The second-order valence-corrected chi connectivity index (χ2v) is 8.21. The fourth-order valence-electron chi connectivity index (χ4n) is 2.83. The summed E-state index contributed by atoms with van der Waals surface area (Å²) in [5.74, 6) is -0.610. The highest BCUT2D eigenvalue weighted by molar-refractivity contribution is 7.85. The quantitative estimate of drug-likeness (QED) is 0.721.